The number of aryl methyl sites for hydroxylation is 1. The Morgan fingerprint density at radius 3 is 2.81 bits per heavy atom. The zero-order chi connectivity index (χ0) is 14.8. The van der Waals surface area contributed by atoms with Gasteiger partial charge < -0.3 is 10.4 Å². The predicted molar refractivity (Wildman–Crippen MR) is 75.3 cm³/mol. The van der Waals surface area contributed by atoms with Crippen molar-refractivity contribution >= 4 is 17.5 Å². The number of carboxylic acid groups (broad SMARTS) is 1. The first-order chi connectivity index (χ1) is 10.1. The van der Waals surface area contributed by atoms with E-state index in [-0.39, 0.29) is 5.56 Å². The second kappa shape index (κ2) is 5.47. The minimum Gasteiger partial charge on any atom is -0.478 e. The van der Waals surface area contributed by atoms with Crippen molar-refractivity contribution in [1.82, 2.24) is 9.97 Å². The molecule has 0 saturated carbocycles. The number of nitrogens with one attached hydrogen (secondary N) is 1. The highest BCUT2D eigenvalue weighted by atomic mass is 19.1. The monoisotopic (exact) mass is 287 g/mol. The molecule has 6 heteroatoms. The van der Waals surface area contributed by atoms with E-state index in [4.69, 9.17) is 5.11 Å². The third kappa shape index (κ3) is 2.69. The minimum absolute atomic E-state index is 0.342. The largest absolute Gasteiger partial charge is 0.478 e. The van der Waals surface area contributed by atoms with Crippen molar-refractivity contribution in [3.05, 3.63) is 47.2 Å². The van der Waals surface area contributed by atoms with Crippen LogP contribution < -0.4 is 5.32 Å². The van der Waals surface area contributed by atoms with E-state index in [0.717, 1.165) is 36.9 Å². The van der Waals surface area contributed by atoms with Gasteiger partial charge in [-0.1, -0.05) is 0 Å². The van der Waals surface area contributed by atoms with Crippen LogP contribution in [0.2, 0.25) is 0 Å². The van der Waals surface area contributed by atoms with Crippen LogP contribution in [0.15, 0.2) is 24.5 Å². The number of halogens is 1. The molecule has 0 radical (unpaired) electrons. The van der Waals surface area contributed by atoms with Crippen molar-refractivity contribution in [1.29, 1.82) is 0 Å². The molecule has 1 aliphatic rings. The topological polar surface area (TPSA) is 75.1 Å². The van der Waals surface area contributed by atoms with Crippen LogP contribution in [0.3, 0.4) is 0 Å². The van der Waals surface area contributed by atoms with Gasteiger partial charge in [0.25, 0.3) is 0 Å². The van der Waals surface area contributed by atoms with Crippen molar-refractivity contribution in [2.75, 3.05) is 5.32 Å². The molecule has 0 fully saturated rings. The number of fused-ring (bicyclic) bond motifs is 1. The lowest BCUT2D eigenvalue weighted by atomic mass is 9.96. The van der Waals surface area contributed by atoms with Crippen LogP contribution in [-0.4, -0.2) is 21.0 Å². The maximum atomic E-state index is 13.7. The Kier molecular flexibility index (Phi) is 3.51. The van der Waals surface area contributed by atoms with E-state index in [1.807, 2.05) is 0 Å². The fourth-order valence-corrected chi connectivity index (χ4v) is 2.53. The highest BCUT2D eigenvalue weighted by Gasteiger charge is 2.16. The van der Waals surface area contributed by atoms with Gasteiger partial charge in [-0.05, 0) is 43.9 Å². The summed E-state index contributed by atoms with van der Waals surface area (Å²) in [5.41, 5.74) is 2.22. The summed E-state index contributed by atoms with van der Waals surface area (Å²) in [6.07, 6.45) is 5.52. The highest BCUT2D eigenvalue weighted by molar-refractivity contribution is 5.88. The quantitative estimate of drug-likeness (QED) is 0.907. The average molecular weight is 287 g/mol. The van der Waals surface area contributed by atoms with Crippen molar-refractivity contribution in [3.63, 3.8) is 0 Å². The van der Waals surface area contributed by atoms with Gasteiger partial charge in [0.15, 0.2) is 0 Å². The normalized spacial score (nSPS) is 13.6. The molecule has 0 spiro atoms. The van der Waals surface area contributed by atoms with Crippen molar-refractivity contribution in [3.8, 4) is 0 Å². The van der Waals surface area contributed by atoms with E-state index in [2.05, 4.69) is 15.3 Å². The van der Waals surface area contributed by atoms with Crippen LogP contribution in [0.1, 0.15) is 34.5 Å². The molecule has 0 unspecified atom stereocenters. The summed E-state index contributed by atoms with van der Waals surface area (Å²) >= 11 is 0. The van der Waals surface area contributed by atoms with E-state index in [0.29, 0.717) is 11.5 Å². The van der Waals surface area contributed by atoms with Crippen LogP contribution in [0.25, 0.3) is 0 Å². The molecule has 0 aliphatic heterocycles. The predicted octanol–water partition coefficient (Wildman–Crippen LogP) is 2.94. The van der Waals surface area contributed by atoms with Gasteiger partial charge in [-0.25, -0.2) is 19.2 Å². The lowest BCUT2D eigenvalue weighted by Crippen LogP contribution is -2.10. The summed E-state index contributed by atoms with van der Waals surface area (Å²) in [5.74, 6) is -1.38. The number of hydrogen-bond acceptors (Lipinski definition) is 4. The summed E-state index contributed by atoms with van der Waals surface area (Å²) < 4.78 is 13.7. The maximum absolute atomic E-state index is 13.7. The van der Waals surface area contributed by atoms with E-state index in [9.17, 15) is 9.18 Å². The molecule has 0 saturated heterocycles. The number of hydrogen-bond donors (Lipinski definition) is 2. The number of anilines is 2. The van der Waals surface area contributed by atoms with Crippen LogP contribution in [0, 0.1) is 5.82 Å². The van der Waals surface area contributed by atoms with Gasteiger partial charge in [-0.3, -0.25) is 0 Å². The fraction of sp³-hybridized carbons (Fsp3) is 0.267. The number of carbonyl (C=O) groups is 1. The van der Waals surface area contributed by atoms with E-state index < -0.39 is 11.8 Å². The third-order valence-electron chi connectivity index (χ3n) is 3.59. The van der Waals surface area contributed by atoms with E-state index in [1.54, 1.807) is 0 Å². The van der Waals surface area contributed by atoms with Crippen LogP contribution in [0.5, 0.6) is 0 Å². The molecule has 0 atom stereocenters. The lowest BCUT2D eigenvalue weighted by molar-refractivity contribution is 0.0692. The highest BCUT2D eigenvalue weighted by Crippen LogP contribution is 2.27. The minimum atomic E-state index is -1.28. The molecule has 1 aromatic heterocycles. The van der Waals surface area contributed by atoms with Gasteiger partial charge in [0.2, 0.25) is 0 Å². The summed E-state index contributed by atoms with van der Waals surface area (Å²) in [6.45, 7) is 0. The first kappa shape index (κ1) is 13.5. The third-order valence-corrected chi connectivity index (χ3v) is 3.59. The average Bonchev–Trinajstić information content (AvgIpc) is 2.47. The molecule has 0 bridgehead atoms. The number of aromatic carboxylic acids is 1. The molecule has 0 amide bonds. The number of aromatic nitrogens is 2. The smallest absolute Gasteiger partial charge is 0.338 e. The molecule has 1 aromatic carbocycles. The first-order valence-corrected chi connectivity index (χ1v) is 6.78. The van der Waals surface area contributed by atoms with Gasteiger partial charge in [0.05, 0.1) is 5.56 Å². The molecule has 108 valence electrons. The van der Waals surface area contributed by atoms with Crippen LogP contribution in [-0.2, 0) is 12.8 Å². The molecule has 2 aromatic rings. The Balaban J connectivity index is 1.91. The number of nitrogens with zero attached hydrogens (tertiary/aromatic N) is 2. The van der Waals surface area contributed by atoms with E-state index in [1.165, 1.54) is 24.5 Å². The fourth-order valence-electron chi connectivity index (χ4n) is 2.53. The first-order valence-electron chi connectivity index (χ1n) is 6.78. The molecular formula is C15H14FN3O2. The zero-order valence-corrected chi connectivity index (χ0v) is 11.3. The van der Waals surface area contributed by atoms with Crippen molar-refractivity contribution in [2.24, 2.45) is 0 Å². The van der Waals surface area contributed by atoms with Crippen molar-refractivity contribution in [2.45, 2.75) is 25.7 Å². The Morgan fingerprint density at radius 2 is 2.05 bits per heavy atom. The van der Waals surface area contributed by atoms with Gasteiger partial charge in [-0.15, -0.1) is 0 Å². The lowest BCUT2D eigenvalue weighted by Gasteiger charge is -2.18. The van der Waals surface area contributed by atoms with E-state index >= 15 is 0 Å². The Labute approximate surface area is 120 Å². The number of carboxylic acids is 1. The molecule has 1 heterocycles. The summed E-state index contributed by atoms with van der Waals surface area (Å²) in [6, 6.07) is 3.94. The molecule has 3 rings (SSSR count). The summed E-state index contributed by atoms with van der Waals surface area (Å²) in [7, 11) is 0. The Morgan fingerprint density at radius 1 is 1.24 bits per heavy atom. The summed E-state index contributed by atoms with van der Waals surface area (Å²) in [4.78, 5) is 19.3. The SMILES string of the molecule is O=C(O)c1ccc(Nc2ncnc3c2CCCC3)cc1F. The molecule has 2 N–H and O–H groups in total. The van der Waals surface area contributed by atoms with Gasteiger partial charge in [0.1, 0.15) is 18.0 Å². The summed E-state index contributed by atoms with van der Waals surface area (Å²) in [5, 5.41) is 11.9. The van der Waals surface area contributed by atoms with Gasteiger partial charge in [-0.2, -0.15) is 0 Å². The Hall–Kier alpha value is -2.50. The van der Waals surface area contributed by atoms with Gasteiger partial charge >= 0.3 is 5.97 Å². The zero-order valence-electron chi connectivity index (χ0n) is 11.3. The Bertz CT molecular complexity index is 703. The van der Waals surface area contributed by atoms with Gasteiger partial charge in [0, 0.05) is 16.9 Å². The van der Waals surface area contributed by atoms with Crippen LogP contribution >= 0.6 is 0 Å². The molecule has 1 aliphatic carbocycles. The molecule has 21 heavy (non-hydrogen) atoms. The molecule has 5 nitrogen and oxygen atoms in total. The number of benzene rings is 1. The van der Waals surface area contributed by atoms with Crippen molar-refractivity contribution < 1.29 is 14.3 Å². The molecular weight excluding hydrogens is 273 g/mol. The second-order valence-electron chi connectivity index (χ2n) is 4.98. The number of rotatable bonds is 3. The standard InChI is InChI=1S/C15H14FN3O2/c16-12-7-9(5-6-10(12)15(20)21)19-14-11-3-1-2-4-13(11)17-8-18-14/h5-8H,1-4H2,(H,20,21)(H,17,18,19). The van der Waals surface area contributed by atoms with Crippen LogP contribution in [0.4, 0.5) is 15.9 Å². The second-order valence-corrected chi connectivity index (χ2v) is 4.98. The maximum Gasteiger partial charge on any atom is 0.338 e.